The zero-order valence-corrected chi connectivity index (χ0v) is 12.4. The molecule has 0 saturated carbocycles. The molecular formula is C15H29NO. The lowest BCUT2D eigenvalue weighted by Crippen LogP contribution is -2.46. The van der Waals surface area contributed by atoms with Gasteiger partial charge in [0.15, 0.2) is 0 Å². The number of carbonyl (C=O) groups is 1. The van der Waals surface area contributed by atoms with Crippen molar-refractivity contribution >= 4 is 5.91 Å². The molecule has 1 rings (SSSR count). The van der Waals surface area contributed by atoms with Crippen molar-refractivity contribution in [2.45, 2.75) is 72.9 Å². The molecule has 1 aliphatic rings. The van der Waals surface area contributed by atoms with Gasteiger partial charge in [-0.1, -0.05) is 34.6 Å². The second-order valence-corrected chi connectivity index (χ2v) is 6.25. The van der Waals surface area contributed by atoms with E-state index in [1.165, 1.54) is 12.8 Å². The van der Waals surface area contributed by atoms with Crippen LogP contribution in [0, 0.1) is 17.8 Å². The molecule has 100 valence electrons. The summed E-state index contributed by atoms with van der Waals surface area (Å²) < 4.78 is 0. The van der Waals surface area contributed by atoms with E-state index in [9.17, 15) is 4.79 Å². The Morgan fingerprint density at radius 3 is 2.12 bits per heavy atom. The first-order valence-electron chi connectivity index (χ1n) is 7.22. The topological polar surface area (TPSA) is 20.3 Å². The molecule has 1 amide bonds. The zero-order chi connectivity index (χ0) is 13.2. The van der Waals surface area contributed by atoms with Gasteiger partial charge in [0.1, 0.15) is 0 Å². The quantitative estimate of drug-likeness (QED) is 0.732. The van der Waals surface area contributed by atoms with E-state index in [2.05, 4.69) is 46.4 Å². The summed E-state index contributed by atoms with van der Waals surface area (Å²) in [5.41, 5.74) is 0. The summed E-state index contributed by atoms with van der Waals surface area (Å²) >= 11 is 0. The first-order valence-corrected chi connectivity index (χ1v) is 7.22. The first-order chi connectivity index (χ1) is 7.90. The number of likely N-dealkylation sites (tertiary alicyclic amines) is 1. The Morgan fingerprint density at radius 2 is 1.71 bits per heavy atom. The Morgan fingerprint density at radius 1 is 1.18 bits per heavy atom. The van der Waals surface area contributed by atoms with Gasteiger partial charge in [0.25, 0.3) is 0 Å². The Kier molecular flexibility index (Phi) is 5.03. The third-order valence-corrected chi connectivity index (χ3v) is 4.23. The molecule has 1 unspecified atom stereocenters. The Hall–Kier alpha value is -0.530. The van der Waals surface area contributed by atoms with Crippen molar-refractivity contribution in [1.82, 2.24) is 4.90 Å². The summed E-state index contributed by atoms with van der Waals surface area (Å²) in [7, 11) is 0. The van der Waals surface area contributed by atoms with E-state index >= 15 is 0 Å². The first kappa shape index (κ1) is 14.5. The van der Waals surface area contributed by atoms with Crippen molar-refractivity contribution in [3.8, 4) is 0 Å². The van der Waals surface area contributed by atoms with Crippen molar-refractivity contribution in [2.75, 3.05) is 0 Å². The van der Waals surface area contributed by atoms with Crippen molar-refractivity contribution in [2.24, 2.45) is 17.8 Å². The highest BCUT2D eigenvalue weighted by Crippen LogP contribution is 2.31. The molecule has 1 fully saturated rings. The zero-order valence-electron chi connectivity index (χ0n) is 12.4. The summed E-state index contributed by atoms with van der Waals surface area (Å²) in [6.45, 7) is 13.1. The van der Waals surface area contributed by atoms with Crippen LogP contribution in [0.4, 0.5) is 0 Å². The van der Waals surface area contributed by atoms with Crippen LogP contribution < -0.4 is 0 Å². The lowest BCUT2D eigenvalue weighted by molar-refractivity contribution is -0.141. The molecule has 0 aromatic rings. The normalized spacial score (nSPS) is 25.4. The summed E-state index contributed by atoms with van der Waals surface area (Å²) in [5.74, 6) is 1.46. The number of carbonyl (C=O) groups excluding carboxylic acids is 1. The van der Waals surface area contributed by atoms with Crippen molar-refractivity contribution in [1.29, 1.82) is 0 Å². The molecule has 0 radical (unpaired) electrons. The van der Waals surface area contributed by atoms with Gasteiger partial charge in [0.2, 0.25) is 5.91 Å². The van der Waals surface area contributed by atoms with E-state index < -0.39 is 0 Å². The number of hydrogen-bond acceptors (Lipinski definition) is 1. The highest BCUT2D eigenvalue weighted by molar-refractivity contribution is 5.80. The second-order valence-electron chi connectivity index (χ2n) is 6.25. The predicted octanol–water partition coefficient (Wildman–Crippen LogP) is 3.70. The second kappa shape index (κ2) is 5.88. The number of amides is 1. The van der Waals surface area contributed by atoms with Gasteiger partial charge in [0.05, 0.1) is 0 Å². The highest BCUT2D eigenvalue weighted by atomic mass is 16.2. The van der Waals surface area contributed by atoms with Crippen LogP contribution in [-0.2, 0) is 4.79 Å². The van der Waals surface area contributed by atoms with E-state index in [-0.39, 0.29) is 5.92 Å². The van der Waals surface area contributed by atoms with Crippen LogP contribution in [-0.4, -0.2) is 22.9 Å². The summed E-state index contributed by atoms with van der Waals surface area (Å²) in [5, 5.41) is 0. The Labute approximate surface area is 107 Å². The van der Waals surface area contributed by atoms with Crippen LogP contribution in [0.5, 0.6) is 0 Å². The van der Waals surface area contributed by atoms with Gasteiger partial charge in [0, 0.05) is 18.0 Å². The highest BCUT2D eigenvalue weighted by Gasteiger charge is 2.38. The van der Waals surface area contributed by atoms with E-state index in [1.807, 2.05) is 0 Å². The molecule has 0 spiro atoms. The molecule has 2 atom stereocenters. The fraction of sp³-hybridized carbons (Fsp3) is 0.933. The number of hydrogen-bond donors (Lipinski definition) is 0. The molecule has 17 heavy (non-hydrogen) atoms. The largest absolute Gasteiger partial charge is 0.337 e. The molecule has 0 bridgehead atoms. The molecule has 0 aromatic heterocycles. The maximum Gasteiger partial charge on any atom is 0.226 e. The molecule has 0 N–H and O–H groups in total. The molecule has 0 aromatic carbocycles. The van der Waals surface area contributed by atoms with Crippen LogP contribution in [0.1, 0.15) is 60.8 Å². The molecule has 0 aliphatic carbocycles. The SMILES string of the molecule is CC[C@@H]1CCC(C)N1C(=O)C(C(C)C)C(C)C. The minimum atomic E-state index is 0.185. The van der Waals surface area contributed by atoms with Crippen LogP contribution in [0.2, 0.25) is 0 Å². The summed E-state index contributed by atoms with van der Waals surface area (Å²) in [4.78, 5) is 14.9. The average molecular weight is 239 g/mol. The van der Waals surface area contributed by atoms with E-state index in [0.717, 1.165) is 6.42 Å². The molecule has 1 aliphatic heterocycles. The van der Waals surface area contributed by atoms with E-state index in [1.54, 1.807) is 0 Å². The molecular weight excluding hydrogens is 210 g/mol. The summed E-state index contributed by atoms with van der Waals surface area (Å²) in [6.07, 6.45) is 3.46. The van der Waals surface area contributed by atoms with E-state index in [4.69, 9.17) is 0 Å². The van der Waals surface area contributed by atoms with Crippen molar-refractivity contribution in [3.63, 3.8) is 0 Å². The minimum Gasteiger partial charge on any atom is -0.337 e. The number of rotatable bonds is 4. The molecule has 1 heterocycles. The van der Waals surface area contributed by atoms with Gasteiger partial charge >= 0.3 is 0 Å². The van der Waals surface area contributed by atoms with E-state index in [0.29, 0.717) is 29.8 Å². The third kappa shape index (κ3) is 3.02. The average Bonchev–Trinajstić information content (AvgIpc) is 2.58. The lowest BCUT2D eigenvalue weighted by Gasteiger charge is -2.35. The standard InChI is InChI=1S/C15H29NO/c1-7-13-9-8-12(6)16(13)15(17)14(10(2)3)11(4)5/h10-14H,7-9H2,1-6H3/t12?,13-/m1/s1. The monoisotopic (exact) mass is 239 g/mol. The number of nitrogens with zero attached hydrogens (tertiary/aromatic N) is 1. The van der Waals surface area contributed by atoms with Crippen LogP contribution >= 0.6 is 0 Å². The van der Waals surface area contributed by atoms with Gasteiger partial charge in [-0.15, -0.1) is 0 Å². The minimum absolute atomic E-state index is 0.185. The lowest BCUT2D eigenvalue weighted by atomic mass is 9.84. The predicted molar refractivity (Wildman–Crippen MR) is 72.8 cm³/mol. The fourth-order valence-electron chi connectivity index (χ4n) is 3.38. The van der Waals surface area contributed by atoms with Gasteiger partial charge in [-0.3, -0.25) is 4.79 Å². The Bertz CT molecular complexity index is 252. The van der Waals surface area contributed by atoms with Crippen LogP contribution in [0.15, 0.2) is 0 Å². The van der Waals surface area contributed by atoms with Crippen LogP contribution in [0.25, 0.3) is 0 Å². The van der Waals surface area contributed by atoms with Gasteiger partial charge < -0.3 is 4.90 Å². The van der Waals surface area contributed by atoms with Crippen LogP contribution in [0.3, 0.4) is 0 Å². The van der Waals surface area contributed by atoms with Gasteiger partial charge in [-0.25, -0.2) is 0 Å². The summed E-state index contributed by atoms with van der Waals surface area (Å²) in [6, 6.07) is 0.921. The fourth-order valence-corrected chi connectivity index (χ4v) is 3.38. The van der Waals surface area contributed by atoms with Crippen molar-refractivity contribution in [3.05, 3.63) is 0 Å². The van der Waals surface area contributed by atoms with Gasteiger partial charge in [-0.2, -0.15) is 0 Å². The molecule has 1 saturated heterocycles. The Balaban J connectivity index is 2.85. The third-order valence-electron chi connectivity index (χ3n) is 4.23. The smallest absolute Gasteiger partial charge is 0.226 e. The van der Waals surface area contributed by atoms with Gasteiger partial charge in [-0.05, 0) is 38.0 Å². The molecule has 2 nitrogen and oxygen atoms in total. The van der Waals surface area contributed by atoms with Crippen molar-refractivity contribution < 1.29 is 4.79 Å². The maximum absolute atomic E-state index is 12.7. The maximum atomic E-state index is 12.7. The molecule has 2 heteroatoms.